The van der Waals surface area contributed by atoms with E-state index in [0.717, 1.165) is 42.7 Å². The van der Waals surface area contributed by atoms with Crippen LogP contribution in [0, 0.1) is 0 Å². The van der Waals surface area contributed by atoms with Crippen LogP contribution in [-0.2, 0) is 11.2 Å². The maximum absolute atomic E-state index is 11.7. The number of carbonyl (C=O) groups excluding carboxylic acids is 1. The maximum Gasteiger partial charge on any atom is 0.163 e. The summed E-state index contributed by atoms with van der Waals surface area (Å²) in [6.07, 6.45) is 3.64. The van der Waals surface area contributed by atoms with Gasteiger partial charge in [-0.2, -0.15) is 0 Å². The number of Topliss-reactive ketones (excluding diaryl/α,β-unsaturated/α-hetero) is 1. The summed E-state index contributed by atoms with van der Waals surface area (Å²) in [6.45, 7) is 4.04. The molecule has 0 aromatic heterocycles. The van der Waals surface area contributed by atoms with Crippen LogP contribution in [0.4, 0.5) is 0 Å². The first-order chi connectivity index (χ1) is 8.81. The zero-order valence-electron chi connectivity index (χ0n) is 10.9. The Morgan fingerprint density at radius 2 is 2.06 bits per heavy atom. The smallest absolute Gasteiger partial charge is 0.163 e. The third kappa shape index (κ3) is 3.33. The van der Waals surface area contributed by atoms with E-state index in [1.54, 1.807) is 0 Å². The van der Waals surface area contributed by atoms with Crippen molar-refractivity contribution in [1.29, 1.82) is 0 Å². The first kappa shape index (κ1) is 13.1. The van der Waals surface area contributed by atoms with Gasteiger partial charge in [-0.05, 0) is 43.0 Å². The van der Waals surface area contributed by atoms with Gasteiger partial charge in [0.15, 0.2) is 5.78 Å². The van der Waals surface area contributed by atoms with E-state index >= 15 is 0 Å². The standard InChI is InChI=1S/C15H20O3/c1-2-8-17-9-10-18-13-6-7-14-12(11-13)4-3-5-15(14)16/h6-7,11H,2-5,8-10H2,1H3. The molecule has 0 saturated carbocycles. The Morgan fingerprint density at radius 1 is 1.17 bits per heavy atom. The van der Waals surface area contributed by atoms with Crippen molar-refractivity contribution in [2.24, 2.45) is 0 Å². The molecule has 98 valence electrons. The first-order valence-corrected chi connectivity index (χ1v) is 6.68. The second-order valence-electron chi connectivity index (χ2n) is 4.56. The molecule has 0 bridgehead atoms. The number of rotatable bonds is 6. The average Bonchev–Trinajstić information content (AvgIpc) is 2.39. The van der Waals surface area contributed by atoms with Gasteiger partial charge in [-0.3, -0.25) is 4.79 Å². The third-order valence-corrected chi connectivity index (χ3v) is 3.07. The first-order valence-electron chi connectivity index (χ1n) is 6.68. The van der Waals surface area contributed by atoms with E-state index in [4.69, 9.17) is 9.47 Å². The van der Waals surface area contributed by atoms with Gasteiger partial charge in [-0.15, -0.1) is 0 Å². The second kappa shape index (κ2) is 6.55. The molecule has 0 unspecified atom stereocenters. The molecular weight excluding hydrogens is 228 g/mol. The number of aryl methyl sites for hydroxylation is 1. The summed E-state index contributed by atoms with van der Waals surface area (Å²) in [6, 6.07) is 5.76. The highest BCUT2D eigenvalue weighted by molar-refractivity contribution is 5.98. The zero-order valence-corrected chi connectivity index (χ0v) is 10.9. The van der Waals surface area contributed by atoms with Crippen LogP contribution in [0.5, 0.6) is 5.75 Å². The summed E-state index contributed by atoms with van der Waals surface area (Å²) in [7, 11) is 0. The molecule has 1 aromatic rings. The van der Waals surface area contributed by atoms with Crippen molar-refractivity contribution < 1.29 is 14.3 Å². The van der Waals surface area contributed by atoms with E-state index in [1.165, 1.54) is 0 Å². The molecule has 0 fully saturated rings. The molecule has 0 heterocycles. The maximum atomic E-state index is 11.7. The molecule has 0 aliphatic heterocycles. The minimum Gasteiger partial charge on any atom is -0.491 e. The number of fused-ring (bicyclic) bond motifs is 1. The second-order valence-corrected chi connectivity index (χ2v) is 4.56. The van der Waals surface area contributed by atoms with Crippen molar-refractivity contribution >= 4 is 5.78 Å². The molecule has 1 aliphatic rings. The highest BCUT2D eigenvalue weighted by Gasteiger charge is 2.17. The number of ketones is 1. The number of benzene rings is 1. The lowest BCUT2D eigenvalue weighted by Crippen LogP contribution is -2.11. The molecule has 0 atom stereocenters. The Labute approximate surface area is 108 Å². The average molecular weight is 248 g/mol. The monoisotopic (exact) mass is 248 g/mol. The highest BCUT2D eigenvalue weighted by Crippen LogP contribution is 2.25. The summed E-state index contributed by atoms with van der Waals surface area (Å²) < 4.78 is 11.0. The van der Waals surface area contributed by atoms with Crippen LogP contribution in [0.1, 0.15) is 42.1 Å². The van der Waals surface area contributed by atoms with Gasteiger partial charge < -0.3 is 9.47 Å². The van der Waals surface area contributed by atoms with E-state index in [1.807, 2.05) is 18.2 Å². The SMILES string of the molecule is CCCOCCOc1ccc2c(c1)CCCC2=O. The van der Waals surface area contributed by atoms with Crippen LogP contribution in [0.3, 0.4) is 0 Å². The fourth-order valence-electron chi connectivity index (χ4n) is 2.18. The lowest BCUT2D eigenvalue weighted by atomic mass is 9.91. The van der Waals surface area contributed by atoms with Crippen molar-refractivity contribution in [3.8, 4) is 5.75 Å². The molecule has 0 N–H and O–H groups in total. The molecule has 3 nitrogen and oxygen atoms in total. The Morgan fingerprint density at radius 3 is 2.89 bits per heavy atom. The Kier molecular flexibility index (Phi) is 4.76. The van der Waals surface area contributed by atoms with Gasteiger partial charge in [0.25, 0.3) is 0 Å². The lowest BCUT2D eigenvalue weighted by Gasteiger charge is -2.16. The van der Waals surface area contributed by atoms with Crippen molar-refractivity contribution in [3.05, 3.63) is 29.3 Å². The molecular formula is C15H20O3. The molecule has 2 rings (SSSR count). The molecule has 0 radical (unpaired) electrons. The van der Waals surface area contributed by atoms with Gasteiger partial charge in [0.05, 0.1) is 6.61 Å². The third-order valence-electron chi connectivity index (χ3n) is 3.07. The quantitative estimate of drug-likeness (QED) is 0.726. The van der Waals surface area contributed by atoms with E-state index in [0.29, 0.717) is 19.6 Å². The van der Waals surface area contributed by atoms with Crippen LogP contribution in [0.15, 0.2) is 18.2 Å². The molecule has 3 heteroatoms. The minimum absolute atomic E-state index is 0.258. The normalized spacial score (nSPS) is 14.4. The van der Waals surface area contributed by atoms with Crippen molar-refractivity contribution in [1.82, 2.24) is 0 Å². The fraction of sp³-hybridized carbons (Fsp3) is 0.533. The molecule has 1 aromatic carbocycles. The molecule has 0 saturated heterocycles. The van der Waals surface area contributed by atoms with Crippen LogP contribution in [0.25, 0.3) is 0 Å². The minimum atomic E-state index is 0.258. The Balaban J connectivity index is 1.88. The van der Waals surface area contributed by atoms with Gasteiger partial charge >= 0.3 is 0 Å². The summed E-state index contributed by atoms with van der Waals surface area (Å²) in [5.41, 5.74) is 1.99. The predicted octanol–water partition coefficient (Wildman–Crippen LogP) is 3.01. The van der Waals surface area contributed by atoms with Crippen LogP contribution >= 0.6 is 0 Å². The van der Waals surface area contributed by atoms with E-state index < -0.39 is 0 Å². The van der Waals surface area contributed by atoms with Crippen molar-refractivity contribution in [2.75, 3.05) is 19.8 Å². The van der Waals surface area contributed by atoms with E-state index in [-0.39, 0.29) is 5.78 Å². The number of hydrogen-bond acceptors (Lipinski definition) is 3. The summed E-state index contributed by atoms with van der Waals surface area (Å²) in [5.74, 6) is 1.10. The summed E-state index contributed by atoms with van der Waals surface area (Å²) in [5, 5.41) is 0. The van der Waals surface area contributed by atoms with Crippen molar-refractivity contribution in [3.63, 3.8) is 0 Å². The Bertz CT molecular complexity index is 412. The van der Waals surface area contributed by atoms with Crippen LogP contribution in [-0.4, -0.2) is 25.6 Å². The molecule has 1 aliphatic carbocycles. The van der Waals surface area contributed by atoms with Gasteiger partial charge in [0, 0.05) is 18.6 Å². The largest absolute Gasteiger partial charge is 0.491 e. The topological polar surface area (TPSA) is 35.5 Å². The van der Waals surface area contributed by atoms with E-state index in [9.17, 15) is 4.79 Å². The highest BCUT2D eigenvalue weighted by atomic mass is 16.5. The molecule has 18 heavy (non-hydrogen) atoms. The van der Waals surface area contributed by atoms with Crippen molar-refractivity contribution in [2.45, 2.75) is 32.6 Å². The number of carbonyl (C=O) groups is 1. The number of ether oxygens (including phenoxy) is 2. The van der Waals surface area contributed by atoms with E-state index in [2.05, 4.69) is 6.92 Å². The fourth-order valence-corrected chi connectivity index (χ4v) is 2.18. The zero-order chi connectivity index (χ0) is 12.8. The number of hydrogen-bond donors (Lipinski definition) is 0. The van der Waals surface area contributed by atoms with Crippen LogP contribution < -0.4 is 4.74 Å². The van der Waals surface area contributed by atoms with Gasteiger partial charge in [0.2, 0.25) is 0 Å². The Hall–Kier alpha value is -1.35. The summed E-state index contributed by atoms with van der Waals surface area (Å²) >= 11 is 0. The molecule has 0 amide bonds. The lowest BCUT2D eigenvalue weighted by molar-refractivity contribution is 0.0970. The van der Waals surface area contributed by atoms with Gasteiger partial charge in [0.1, 0.15) is 12.4 Å². The van der Waals surface area contributed by atoms with Gasteiger partial charge in [-0.1, -0.05) is 6.92 Å². The molecule has 0 spiro atoms. The van der Waals surface area contributed by atoms with Crippen LogP contribution in [0.2, 0.25) is 0 Å². The predicted molar refractivity (Wildman–Crippen MR) is 70.3 cm³/mol. The van der Waals surface area contributed by atoms with Gasteiger partial charge in [-0.25, -0.2) is 0 Å². The summed E-state index contributed by atoms with van der Waals surface area (Å²) in [4.78, 5) is 11.7.